The average Bonchev–Trinajstić information content (AvgIpc) is 2.48. The van der Waals surface area contributed by atoms with Crippen LogP contribution in [0, 0.1) is 0 Å². The maximum atomic E-state index is 11.8. The first kappa shape index (κ1) is 14.5. The van der Waals surface area contributed by atoms with Gasteiger partial charge in [-0.25, -0.2) is 9.78 Å². The first-order valence-corrected chi connectivity index (χ1v) is 7.10. The van der Waals surface area contributed by atoms with Crippen molar-refractivity contribution in [2.24, 2.45) is 0 Å². The van der Waals surface area contributed by atoms with E-state index in [1.54, 1.807) is 6.20 Å². The molecule has 0 radical (unpaired) electrons. The lowest BCUT2D eigenvalue weighted by Crippen LogP contribution is -2.15. The Morgan fingerprint density at radius 3 is 2.80 bits per heavy atom. The number of halogens is 1. The Kier molecular flexibility index (Phi) is 5.12. The molecule has 5 heteroatoms. The Morgan fingerprint density at radius 2 is 2.10 bits per heavy atom. The molecule has 0 saturated carbocycles. The van der Waals surface area contributed by atoms with E-state index in [0.717, 1.165) is 22.0 Å². The number of ether oxygens (including phenoxy) is 1. The molecule has 0 spiro atoms. The fourth-order valence-electron chi connectivity index (χ4n) is 1.72. The number of hydrogen-bond donors (Lipinski definition) is 1. The number of carbonyl (C=O) groups excluding carboxylic acids is 1. The first-order valence-electron chi connectivity index (χ1n) is 6.31. The number of pyridine rings is 1. The van der Waals surface area contributed by atoms with Gasteiger partial charge in [-0.05, 0) is 39.5 Å². The molecule has 0 bridgehead atoms. The maximum Gasteiger partial charge on any atom is 0.413 e. The number of nitrogens with zero attached hydrogens (tertiary/aromatic N) is 1. The summed E-state index contributed by atoms with van der Waals surface area (Å²) in [5, 5.41) is 2.67. The number of hydrogen-bond acceptors (Lipinski definition) is 3. The molecule has 104 valence electrons. The molecule has 2 aromatic rings. The minimum atomic E-state index is -0.502. The van der Waals surface area contributed by atoms with Gasteiger partial charge >= 0.3 is 6.09 Å². The van der Waals surface area contributed by atoms with Gasteiger partial charge in [0.25, 0.3) is 0 Å². The molecule has 1 N–H and O–H groups in total. The molecular weight excluding hydrogens is 320 g/mol. The van der Waals surface area contributed by atoms with E-state index in [-0.39, 0.29) is 6.61 Å². The van der Waals surface area contributed by atoms with Crippen molar-refractivity contribution in [1.29, 1.82) is 0 Å². The number of rotatable bonds is 4. The van der Waals surface area contributed by atoms with E-state index in [9.17, 15) is 4.79 Å². The van der Waals surface area contributed by atoms with Crippen LogP contribution >= 0.6 is 15.9 Å². The molecule has 2 rings (SSSR count). The van der Waals surface area contributed by atoms with E-state index in [4.69, 9.17) is 4.74 Å². The number of nitrogens with one attached hydrogen (secondary N) is 1. The van der Waals surface area contributed by atoms with Gasteiger partial charge in [-0.15, -0.1) is 0 Å². The van der Waals surface area contributed by atoms with Gasteiger partial charge in [0.05, 0.1) is 0 Å². The smallest absolute Gasteiger partial charge is 0.413 e. The van der Waals surface area contributed by atoms with Crippen LogP contribution in [-0.2, 0) is 17.8 Å². The average molecular weight is 335 g/mol. The summed E-state index contributed by atoms with van der Waals surface area (Å²) in [5.74, 6) is 0.536. The van der Waals surface area contributed by atoms with E-state index in [1.165, 1.54) is 0 Å². The summed E-state index contributed by atoms with van der Waals surface area (Å²) in [5.41, 5.74) is 1.90. The molecule has 1 aromatic heterocycles. The van der Waals surface area contributed by atoms with Crippen molar-refractivity contribution in [3.05, 3.63) is 58.2 Å². The van der Waals surface area contributed by atoms with Crippen molar-refractivity contribution >= 4 is 27.8 Å². The van der Waals surface area contributed by atoms with Crippen LogP contribution in [0.2, 0.25) is 0 Å². The molecule has 20 heavy (non-hydrogen) atoms. The first-order chi connectivity index (χ1) is 9.69. The van der Waals surface area contributed by atoms with Crippen LogP contribution < -0.4 is 5.32 Å². The van der Waals surface area contributed by atoms with Crippen molar-refractivity contribution in [3.8, 4) is 0 Å². The lowest BCUT2D eigenvalue weighted by molar-refractivity contribution is 0.155. The summed E-state index contributed by atoms with van der Waals surface area (Å²) in [6.45, 7) is 2.24. The Labute approximate surface area is 126 Å². The van der Waals surface area contributed by atoms with E-state index in [1.807, 2.05) is 43.3 Å². The Hall–Kier alpha value is -1.88. The van der Waals surface area contributed by atoms with E-state index < -0.39 is 6.09 Å². The maximum absolute atomic E-state index is 11.8. The Balaban J connectivity index is 1.95. The van der Waals surface area contributed by atoms with Crippen molar-refractivity contribution in [2.45, 2.75) is 20.0 Å². The molecule has 4 nitrogen and oxygen atoms in total. The minimum Gasteiger partial charge on any atom is -0.444 e. The summed E-state index contributed by atoms with van der Waals surface area (Å²) < 4.78 is 6.05. The highest BCUT2D eigenvalue weighted by Crippen LogP contribution is 2.18. The van der Waals surface area contributed by atoms with Crippen molar-refractivity contribution in [2.75, 3.05) is 5.32 Å². The van der Waals surface area contributed by atoms with Gasteiger partial charge in [0.2, 0.25) is 0 Å². The van der Waals surface area contributed by atoms with E-state index in [2.05, 4.69) is 26.2 Å². The highest BCUT2D eigenvalue weighted by atomic mass is 79.9. The third-order valence-corrected chi connectivity index (χ3v) is 3.18. The van der Waals surface area contributed by atoms with Gasteiger partial charge in [0.15, 0.2) is 0 Å². The van der Waals surface area contributed by atoms with Crippen molar-refractivity contribution < 1.29 is 9.53 Å². The normalized spacial score (nSPS) is 10.1. The molecule has 0 aliphatic carbocycles. The summed E-state index contributed by atoms with van der Waals surface area (Å²) in [6, 6.07) is 11.5. The Morgan fingerprint density at radius 1 is 1.35 bits per heavy atom. The predicted octanol–water partition coefficient (Wildman–Crippen LogP) is 4.16. The van der Waals surface area contributed by atoms with E-state index >= 15 is 0 Å². The minimum absolute atomic E-state index is 0.241. The molecular formula is C15H15BrN2O2. The number of aryl methyl sites for hydroxylation is 1. The van der Waals surface area contributed by atoms with Gasteiger partial charge < -0.3 is 4.74 Å². The summed E-state index contributed by atoms with van der Waals surface area (Å²) >= 11 is 3.36. The molecule has 0 atom stereocenters. The fourth-order valence-corrected chi connectivity index (χ4v) is 2.10. The third kappa shape index (κ3) is 4.06. The topological polar surface area (TPSA) is 51.2 Å². The summed E-state index contributed by atoms with van der Waals surface area (Å²) in [7, 11) is 0. The van der Waals surface area contributed by atoms with Crippen LogP contribution in [-0.4, -0.2) is 11.1 Å². The van der Waals surface area contributed by atoms with Gasteiger partial charge in [-0.2, -0.15) is 0 Å². The zero-order valence-electron chi connectivity index (χ0n) is 11.1. The molecule has 0 saturated heterocycles. The highest BCUT2D eigenvalue weighted by Gasteiger charge is 2.09. The molecule has 1 heterocycles. The monoisotopic (exact) mass is 334 g/mol. The van der Waals surface area contributed by atoms with Crippen LogP contribution in [0.4, 0.5) is 10.6 Å². The van der Waals surface area contributed by atoms with Gasteiger partial charge in [0.1, 0.15) is 12.4 Å². The van der Waals surface area contributed by atoms with Crippen molar-refractivity contribution in [3.63, 3.8) is 0 Å². The van der Waals surface area contributed by atoms with Crippen LogP contribution in [0.15, 0.2) is 47.1 Å². The second-order valence-corrected chi connectivity index (χ2v) is 5.12. The van der Waals surface area contributed by atoms with Crippen LogP contribution in [0.3, 0.4) is 0 Å². The van der Waals surface area contributed by atoms with Gasteiger partial charge in [0, 0.05) is 10.7 Å². The van der Waals surface area contributed by atoms with Crippen LogP contribution in [0.5, 0.6) is 0 Å². The predicted molar refractivity (Wildman–Crippen MR) is 81.6 cm³/mol. The molecule has 0 aliphatic rings. The summed E-state index contributed by atoms with van der Waals surface area (Å²) in [4.78, 5) is 15.9. The van der Waals surface area contributed by atoms with Crippen molar-refractivity contribution in [1.82, 2.24) is 4.98 Å². The van der Waals surface area contributed by atoms with Crippen LogP contribution in [0.1, 0.15) is 18.1 Å². The number of carbonyl (C=O) groups is 1. The lowest BCUT2D eigenvalue weighted by atomic mass is 10.2. The van der Waals surface area contributed by atoms with Gasteiger partial charge in [-0.1, -0.05) is 37.3 Å². The van der Waals surface area contributed by atoms with Gasteiger partial charge in [-0.3, -0.25) is 5.32 Å². The molecule has 0 unspecified atom stereocenters. The summed E-state index contributed by atoms with van der Waals surface area (Å²) in [6.07, 6.45) is 1.92. The number of aromatic nitrogens is 1. The number of anilines is 1. The standard InChI is InChI=1S/C15H15BrN2O2/c1-2-12-8-13(16)9-17-14(12)18-15(19)20-10-11-6-4-3-5-7-11/h3-9H,2,10H2,1H3,(H,17,18,19). The zero-order chi connectivity index (χ0) is 14.4. The fraction of sp³-hybridized carbons (Fsp3) is 0.200. The van der Waals surface area contributed by atoms with Crippen LogP contribution in [0.25, 0.3) is 0 Å². The number of benzene rings is 1. The number of amides is 1. The zero-order valence-corrected chi connectivity index (χ0v) is 12.7. The highest BCUT2D eigenvalue weighted by molar-refractivity contribution is 9.10. The molecule has 0 aliphatic heterocycles. The largest absolute Gasteiger partial charge is 0.444 e. The lowest BCUT2D eigenvalue weighted by Gasteiger charge is -2.10. The SMILES string of the molecule is CCc1cc(Br)cnc1NC(=O)OCc1ccccc1. The quantitative estimate of drug-likeness (QED) is 0.913. The second-order valence-electron chi connectivity index (χ2n) is 4.20. The molecule has 1 aromatic carbocycles. The molecule has 0 fully saturated rings. The van der Waals surface area contributed by atoms with E-state index in [0.29, 0.717) is 5.82 Å². The Bertz CT molecular complexity index is 588. The third-order valence-electron chi connectivity index (χ3n) is 2.75. The second kappa shape index (κ2) is 7.05. The molecule has 1 amide bonds.